The van der Waals surface area contributed by atoms with Crippen LogP contribution >= 0.6 is 0 Å². The van der Waals surface area contributed by atoms with Gasteiger partial charge in [-0.2, -0.15) is 0 Å². The second kappa shape index (κ2) is 7.45. The van der Waals surface area contributed by atoms with Crippen LogP contribution in [0.3, 0.4) is 0 Å². The Kier molecular flexibility index (Phi) is 5.61. The van der Waals surface area contributed by atoms with Crippen LogP contribution in [0.15, 0.2) is 18.2 Å². The summed E-state index contributed by atoms with van der Waals surface area (Å²) in [6, 6.07) is 5.58. The molecule has 1 aromatic rings. The molecule has 0 bridgehead atoms. The first-order valence-electron chi connectivity index (χ1n) is 7.06. The van der Waals surface area contributed by atoms with E-state index < -0.39 is 13.1 Å². The third-order valence-corrected chi connectivity index (χ3v) is 3.27. The van der Waals surface area contributed by atoms with Crippen LogP contribution < -0.4 is 15.9 Å². The van der Waals surface area contributed by atoms with Gasteiger partial charge in [-0.25, -0.2) is 0 Å². The fourth-order valence-corrected chi connectivity index (χ4v) is 2.33. The molecule has 0 aliphatic carbocycles. The van der Waals surface area contributed by atoms with E-state index in [9.17, 15) is 4.79 Å². The van der Waals surface area contributed by atoms with Crippen molar-refractivity contribution in [1.82, 2.24) is 0 Å². The van der Waals surface area contributed by atoms with Crippen molar-refractivity contribution in [2.45, 2.75) is 25.9 Å². The van der Waals surface area contributed by atoms with Crippen LogP contribution in [0.5, 0.6) is 5.75 Å². The van der Waals surface area contributed by atoms with Gasteiger partial charge >= 0.3 is 7.12 Å². The summed E-state index contributed by atoms with van der Waals surface area (Å²) in [7, 11) is -0.778. The van der Waals surface area contributed by atoms with Crippen molar-refractivity contribution in [3.8, 4) is 5.75 Å². The number of carbonyl (C=O) groups is 1. The number of hydrogen-bond donors (Lipinski definition) is 2. The van der Waals surface area contributed by atoms with Crippen LogP contribution in [0.1, 0.15) is 31.4 Å². The van der Waals surface area contributed by atoms with Crippen LogP contribution in [0.25, 0.3) is 0 Å². The first kappa shape index (κ1) is 15.8. The largest absolute Gasteiger partial charge is 0.569 e. The SMILES string of the molecule is CC(=O)OB1OC(CN)c2cccc(OCCCCO)c21. The summed E-state index contributed by atoms with van der Waals surface area (Å²) in [4.78, 5) is 11.2. The number of benzene rings is 1. The number of unbranched alkanes of at least 4 members (excludes halogenated alkanes) is 1. The topological polar surface area (TPSA) is 91.0 Å². The lowest BCUT2D eigenvalue weighted by Crippen LogP contribution is -2.35. The number of ether oxygens (including phenoxy) is 1. The molecule has 6 nitrogen and oxygen atoms in total. The molecule has 0 radical (unpaired) electrons. The van der Waals surface area contributed by atoms with Gasteiger partial charge in [-0.3, -0.25) is 4.79 Å². The number of carbonyl (C=O) groups excluding carboxylic acids is 1. The summed E-state index contributed by atoms with van der Waals surface area (Å²) < 4.78 is 16.6. The third kappa shape index (κ3) is 3.75. The van der Waals surface area contributed by atoms with E-state index in [0.717, 1.165) is 17.4 Å². The van der Waals surface area contributed by atoms with Gasteiger partial charge in [-0.05, 0) is 24.5 Å². The maximum atomic E-state index is 11.2. The highest BCUT2D eigenvalue weighted by Gasteiger charge is 2.41. The molecular weight excluding hydrogens is 273 g/mol. The maximum absolute atomic E-state index is 11.2. The molecule has 21 heavy (non-hydrogen) atoms. The summed E-state index contributed by atoms with van der Waals surface area (Å²) in [5.41, 5.74) is 7.32. The average Bonchev–Trinajstić information content (AvgIpc) is 2.82. The van der Waals surface area contributed by atoms with E-state index in [0.29, 0.717) is 25.3 Å². The highest BCUT2D eigenvalue weighted by atomic mass is 16.6. The fourth-order valence-electron chi connectivity index (χ4n) is 2.33. The lowest BCUT2D eigenvalue weighted by Gasteiger charge is -2.12. The van der Waals surface area contributed by atoms with Crippen molar-refractivity contribution < 1.29 is 23.9 Å². The molecule has 2 rings (SSSR count). The van der Waals surface area contributed by atoms with Crippen LogP contribution in [-0.2, 0) is 14.1 Å². The van der Waals surface area contributed by atoms with E-state index >= 15 is 0 Å². The van der Waals surface area contributed by atoms with Crippen molar-refractivity contribution in [3.63, 3.8) is 0 Å². The minimum absolute atomic E-state index is 0.144. The molecular formula is C14H20BNO5. The predicted octanol–water partition coefficient (Wildman–Crippen LogP) is 0.126. The standard InChI is InChI=1S/C14H20BNO5/c1-10(18)20-15-14-11(13(9-16)21-15)5-4-6-12(14)19-8-3-2-7-17/h4-6,13,17H,2-3,7-9,16H2,1H3. The van der Waals surface area contributed by atoms with Gasteiger partial charge in [0.1, 0.15) is 5.75 Å². The Labute approximate surface area is 124 Å². The van der Waals surface area contributed by atoms with Gasteiger partial charge in [0, 0.05) is 25.5 Å². The Balaban J connectivity index is 2.19. The number of aliphatic hydroxyl groups is 1. The second-order valence-corrected chi connectivity index (χ2v) is 4.84. The van der Waals surface area contributed by atoms with Crippen LogP contribution in [0.4, 0.5) is 0 Å². The molecule has 0 saturated carbocycles. The first-order chi connectivity index (χ1) is 10.2. The van der Waals surface area contributed by atoms with Gasteiger partial charge in [0.05, 0.1) is 12.7 Å². The Hall–Kier alpha value is -1.57. The lowest BCUT2D eigenvalue weighted by molar-refractivity contribution is -0.133. The van der Waals surface area contributed by atoms with E-state index in [4.69, 9.17) is 24.9 Å². The monoisotopic (exact) mass is 293 g/mol. The smallest absolute Gasteiger partial charge is 0.506 e. The Bertz CT molecular complexity index is 496. The Morgan fingerprint density at radius 1 is 1.48 bits per heavy atom. The molecule has 0 fully saturated rings. The number of fused-ring (bicyclic) bond motifs is 1. The van der Waals surface area contributed by atoms with Gasteiger partial charge in [0.2, 0.25) is 0 Å². The fraction of sp³-hybridized carbons (Fsp3) is 0.500. The molecule has 0 amide bonds. The summed E-state index contributed by atoms with van der Waals surface area (Å²) in [6.07, 6.45) is 1.13. The van der Waals surface area contributed by atoms with Crippen molar-refractivity contribution in [2.75, 3.05) is 19.8 Å². The molecule has 1 heterocycles. The van der Waals surface area contributed by atoms with Crippen molar-refractivity contribution in [2.24, 2.45) is 5.73 Å². The highest BCUT2D eigenvalue weighted by Crippen LogP contribution is 2.28. The normalized spacial score (nSPS) is 16.7. The molecule has 1 atom stereocenters. The summed E-state index contributed by atoms with van der Waals surface area (Å²) in [6.45, 7) is 2.27. The Morgan fingerprint density at radius 3 is 2.95 bits per heavy atom. The van der Waals surface area contributed by atoms with E-state index in [-0.39, 0.29) is 12.7 Å². The molecule has 0 aromatic heterocycles. The average molecular weight is 293 g/mol. The van der Waals surface area contributed by atoms with Crippen LogP contribution in [0, 0.1) is 0 Å². The van der Waals surface area contributed by atoms with Gasteiger partial charge in [0.25, 0.3) is 5.97 Å². The van der Waals surface area contributed by atoms with Gasteiger partial charge in [-0.15, -0.1) is 0 Å². The van der Waals surface area contributed by atoms with E-state index in [1.807, 2.05) is 18.2 Å². The quantitative estimate of drug-likeness (QED) is 0.548. The first-order valence-corrected chi connectivity index (χ1v) is 7.06. The van der Waals surface area contributed by atoms with E-state index in [1.54, 1.807) is 0 Å². The van der Waals surface area contributed by atoms with Crippen molar-refractivity contribution in [1.29, 1.82) is 0 Å². The Morgan fingerprint density at radius 2 is 2.29 bits per heavy atom. The van der Waals surface area contributed by atoms with Crippen molar-refractivity contribution >= 4 is 18.6 Å². The molecule has 7 heteroatoms. The number of rotatable bonds is 7. The zero-order chi connectivity index (χ0) is 15.2. The summed E-state index contributed by atoms with van der Waals surface area (Å²) >= 11 is 0. The minimum Gasteiger partial charge on any atom is -0.506 e. The zero-order valence-electron chi connectivity index (χ0n) is 12.1. The molecule has 0 saturated heterocycles. The molecule has 1 aromatic carbocycles. The van der Waals surface area contributed by atoms with E-state index in [1.165, 1.54) is 6.92 Å². The van der Waals surface area contributed by atoms with Crippen molar-refractivity contribution in [3.05, 3.63) is 23.8 Å². The molecule has 3 N–H and O–H groups in total. The molecule has 0 spiro atoms. The zero-order valence-corrected chi connectivity index (χ0v) is 12.1. The third-order valence-electron chi connectivity index (χ3n) is 3.27. The second-order valence-electron chi connectivity index (χ2n) is 4.84. The molecule has 1 unspecified atom stereocenters. The van der Waals surface area contributed by atoms with Crippen LogP contribution in [0.2, 0.25) is 0 Å². The van der Waals surface area contributed by atoms with Crippen LogP contribution in [-0.4, -0.2) is 38.0 Å². The van der Waals surface area contributed by atoms with Gasteiger partial charge < -0.3 is 24.9 Å². The molecule has 114 valence electrons. The molecule has 1 aliphatic rings. The number of hydrogen-bond acceptors (Lipinski definition) is 6. The summed E-state index contributed by atoms with van der Waals surface area (Å²) in [5.74, 6) is 0.214. The number of nitrogens with two attached hydrogens (primary N) is 1. The maximum Gasteiger partial charge on any atom is 0.569 e. The summed E-state index contributed by atoms with van der Waals surface area (Å²) in [5, 5.41) is 8.78. The minimum atomic E-state index is -0.778. The molecule has 1 aliphatic heterocycles. The lowest BCUT2D eigenvalue weighted by atomic mass is 9.77. The predicted molar refractivity (Wildman–Crippen MR) is 78.3 cm³/mol. The van der Waals surface area contributed by atoms with Gasteiger partial charge in [-0.1, -0.05) is 12.1 Å². The van der Waals surface area contributed by atoms with Gasteiger partial charge in [0.15, 0.2) is 0 Å². The highest BCUT2D eigenvalue weighted by molar-refractivity contribution is 6.65. The van der Waals surface area contributed by atoms with E-state index in [2.05, 4.69) is 0 Å². The number of aliphatic hydroxyl groups excluding tert-OH is 1.